The monoisotopic (exact) mass is 533 g/mol. The molecular formula is C24H24ClN3O5S2. The number of hydrogen-bond donors (Lipinski definition) is 1. The molecular weight excluding hydrogens is 510 g/mol. The molecule has 0 aromatic heterocycles. The van der Waals surface area contributed by atoms with Crippen LogP contribution in [0.4, 0.5) is 5.69 Å². The number of halogens is 1. The normalized spacial score (nSPS) is 16.1. The molecule has 0 saturated carbocycles. The molecule has 0 fully saturated rings. The van der Waals surface area contributed by atoms with Crippen LogP contribution in [0.5, 0.6) is 5.75 Å². The molecule has 35 heavy (non-hydrogen) atoms. The van der Waals surface area contributed by atoms with Crippen LogP contribution in [0.2, 0.25) is 5.02 Å². The summed E-state index contributed by atoms with van der Waals surface area (Å²) in [6, 6.07) is 19.2. The third-order valence-electron chi connectivity index (χ3n) is 5.58. The lowest BCUT2D eigenvalue weighted by atomic mass is 9.99. The van der Waals surface area contributed by atoms with Gasteiger partial charge in [-0.1, -0.05) is 35.9 Å². The minimum atomic E-state index is -3.99. The summed E-state index contributed by atoms with van der Waals surface area (Å²) in [5.74, 6) is 0.564. The second-order valence-corrected chi connectivity index (χ2v) is 12.1. The van der Waals surface area contributed by atoms with Gasteiger partial charge in [0.25, 0.3) is 10.0 Å². The molecule has 0 bridgehead atoms. The van der Waals surface area contributed by atoms with Crippen LogP contribution < -0.4 is 9.46 Å². The molecule has 1 aliphatic heterocycles. The maximum atomic E-state index is 13.6. The number of hydrazone groups is 1. The lowest BCUT2D eigenvalue weighted by Gasteiger charge is -2.23. The van der Waals surface area contributed by atoms with Crippen LogP contribution in [0.15, 0.2) is 82.8 Å². The van der Waals surface area contributed by atoms with E-state index in [1.54, 1.807) is 56.5 Å². The number of nitrogens with zero attached hydrogens (tertiary/aromatic N) is 2. The largest absolute Gasteiger partial charge is 0.497 e. The highest BCUT2D eigenvalue weighted by Gasteiger charge is 2.38. The Hall–Kier alpha value is -3.08. The highest BCUT2D eigenvalue weighted by Crippen LogP contribution is 2.38. The lowest BCUT2D eigenvalue weighted by Crippen LogP contribution is -2.27. The Balaban J connectivity index is 1.73. The van der Waals surface area contributed by atoms with Gasteiger partial charge in [0.05, 0.1) is 29.5 Å². The second kappa shape index (κ2) is 9.88. The van der Waals surface area contributed by atoms with E-state index >= 15 is 0 Å². The molecule has 3 aromatic carbocycles. The molecule has 1 aliphatic rings. The van der Waals surface area contributed by atoms with Crippen molar-refractivity contribution in [3.63, 3.8) is 0 Å². The quantitative estimate of drug-likeness (QED) is 0.453. The summed E-state index contributed by atoms with van der Waals surface area (Å²) in [6.07, 6.45) is 0.319. The maximum Gasteiger partial charge on any atom is 0.279 e. The average Bonchev–Trinajstić information content (AvgIpc) is 3.31. The Labute approximate surface area is 210 Å². The van der Waals surface area contributed by atoms with Crippen LogP contribution in [0.1, 0.15) is 30.5 Å². The first-order valence-electron chi connectivity index (χ1n) is 10.8. The van der Waals surface area contributed by atoms with Gasteiger partial charge >= 0.3 is 0 Å². The summed E-state index contributed by atoms with van der Waals surface area (Å²) in [5.41, 5.74) is 2.39. The van der Waals surface area contributed by atoms with E-state index in [4.69, 9.17) is 16.3 Å². The van der Waals surface area contributed by atoms with Crippen molar-refractivity contribution in [3.8, 4) is 5.75 Å². The third-order valence-corrected chi connectivity index (χ3v) is 8.84. The predicted octanol–water partition coefficient (Wildman–Crippen LogP) is 4.65. The highest BCUT2D eigenvalue weighted by atomic mass is 35.5. The van der Waals surface area contributed by atoms with Gasteiger partial charge in [-0.25, -0.2) is 8.42 Å². The van der Waals surface area contributed by atoms with Crippen LogP contribution in [0.25, 0.3) is 0 Å². The van der Waals surface area contributed by atoms with Crippen molar-refractivity contribution in [3.05, 3.63) is 88.9 Å². The number of nitrogens with one attached hydrogen (secondary N) is 1. The van der Waals surface area contributed by atoms with Crippen LogP contribution in [0, 0.1) is 0 Å². The number of rotatable bonds is 8. The summed E-state index contributed by atoms with van der Waals surface area (Å²) >= 11 is 5.95. The van der Waals surface area contributed by atoms with Crippen molar-refractivity contribution in [1.29, 1.82) is 0 Å². The van der Waals surface area contributed by atoms with Gasteiger partial charge in [-0.3, -0.25) is 4.72 Å². The number of methoxy groups -OCH3 is 1. The summed E-state index contributed by atoms with van der Waals surface area (Å²) in [7, 11) is -5.85. The van der Waals surface area contributed by atoms with Crippen molar-refractivity contribution in [2.45, 2.75) is 24.3 Å². The Morgan fingerprint density at radius 3 is 2.34 bits per heavy atom. The topological polar surface area (TPSA) is 105 Å². The third kappa shape index (κ3) is 5.44. The Bertz CT molecular complexity index is 1460. The minimum Gasteiger partial charge on any atom is -0.497 e. The van der Waals surface area contributed by atoms with Crippen molar-refractivity contribution < 1.29 is 21.6 Å². The van der Waals surface area contributed by atoms with Crippen LogP contribution in [-0.2, 0) is 20.0 Å². The fourth-order valence-corrected chi connectivity index (χ4v) is 5.88. The molecule has 4 rings (SSSR count). The summed E-state index contributed by atoms with van der Waals surface area (Å²) in [5, 5.41) is 4.94. The van der Waals surface area contributed by atoms with E-state index in [0.29, 0.717) is 34.2 Å². The van der Waals surface area contributed by atoms with Gasteiger partial charge in [-0.2, -0.15) is 17.9 Å². The molecule has 0 aliphatic carbocycles. The zero-order chi connectivity index (χ0) is 25.2. The van der Waals surface area contributed by atoms with E-state index in [2.05, 4.69) is 9.82 Å². The molecule has 1 atom stereocenters. The van der Waals surface area contributed by atoms with E-state index in [1.807, 2.05) is 6.07 Å². The number of sulfonamides is 2. The van der Waals surface area contributed by atoms with E-state index < -0.39 is 26.1 Å². The van der Waals surface area contributed by atoms with E-state index in [9.17, 15) is 16.8 Å². The zero-order valence-electron chi connectivity index (χ0n) is 19.0. The molecule has 1 unspecified atom stereocenters. The van der Waals surface area contributed by atoms with Gasteiger partial charge in [0.1, 0.15) is 5.75 Å². The Morgan fingerprint density at radius 2 is 1.71 bits per heavy atom. The Kier molecular flexibility index (Phi) is 7.07. The molecule has 3 aromatic rings. The minimum absolute atomic E-state index is 0.0405. The number of anilines is 1. The first kappa shape index (κ1) is 25.0. The Morgan fingerprint density at radius 1 is 1.03 bits per heavy atom. The first-order chi connectivity index (χ1) is 16.6. The van der Waals surface area contributed by atoms with Gasteiger partial charge < -0.3 is 4.74 Å². The van der Waals surface area contributed by atoms with Gasteiger partial charge in [0.2, 0.25) is 10.0 Å². The van der Waals surface area contributed by atoms with Crippen LogP contribution in [-0.4, -0.2) is 39.8 Å². The molecule has 1 heterocycles. The predicted molar refractivity (Wildman–Crippen MR) is 137 cm³/mol. The van der Waals surface area contributed by atoms with Gasteiger partial charge in [0.15, 0.2) is 0 Å². The van der Waals surface area contributed by atoms with Crippen molar-refractivity contribution in [2.24, 2.45) is 5.10 Å². The van der Waals surface area contributed by atoms with Gasteiger partial charge in [0, 0.05) is 17.1 Å². The second-order valence-electron chi connectivity index (χ2n) is 7.86. The average molecular weight is 534 g/mol. The van der Waals surface area contributed by atoms with Crippen LogP contribution in [0.3, 0.4) is 0 Å². The standard InChI is InChI=1S/C24H24ClN3O5S2/c1-3-34(29,30)27-20-11-7-17(8-12-20)23-16-24(18-5-4-6-21(15-18)33-2)28(26-23)35(31,32)22-13-9-19(25)10-14-22/h4-15,24,27H,3,16H2,1-2H3. The van der Waals surface area contributed by atoms with Crippen molar-refractivity contribution in [1.82, 2.24) is 4.41 Å². The van der Waals surface area contributed by atoms with Gasteiger partial charge in [-0.15, -0.1) is 0 Å². The fourth-order valence-electron chi connectivity index (χ4n) is 3.68. The number of benzene rings is 3. The van der Waals surface area contributed by atoms with Gasteiger partial charge in [-0.05, 0) is 66.6 Å². The lowest BCUT2D eigenvalue weighted by molar-refractivity contribution is 0.368. The van der Waals surface area contributed by atoms with E-state index in [-0.39, 0.29) is 10.6 Å². The van der Waals surface area contributed by atoms with Crippen molar-refractivity contribution >= 4 is 43.0 Å². The molecule has 0 amide bonds. The summed E-state index contributed by atoms with van der Waals surface area (Å²) in [4.78, 5) is 0.0733. The fraction of sp³-hybridized carbons (Fsp3) is 0.208. The molecule has 1 N–H and O–H groups in total. The number of ether oxygens (including phenoxy) is 1. The number of hydrogen-bond acceptors (Lipinski definition) is 6. The molecule has 8 nitrogen and oxygen atoms in total. The SMILES string of the molecule is CCS(=O)(=O)Nc1ccc(C2=NN(S(=O)(=O)c3ccc(Cl)cc3)C(c3cccc(OC)c3)C2)cc1. The molecule has 0 radical (unpaired) electrons. The summed E-state index contributed by atoms with van der Waals surface area (Å²) in [6.45, 7) is 1.55. The van der Waals surface area contributed by atoms with Crippen molar-refractivity contribution in [2.75, 3.05) is 17.6 Å². The smallest absolute Gasteiger partial charge is 0.279 e. The maximum absolute atomic E-state index is 13.6. The molecule has 184 valence electrons. The zero-order valence-corrected chi connectivity index (χ0v) is 21.4. The highest BCUT2D eigenvalue weighted by molar-refractivity contribution is 7.92. The molecule has 0 spiro atoms. The first-order valence-corrected chi connectivity index (χ1v) is 14.2. The molecule has 11 heteroatoms. The van der Waals surface area contributed by atoms with Crippen LogP contribution >= 0.6 is 11.6 Å². The summed E-state index contributed by atoms with van der Waals surface area (Å²) < 4.78 is 59.8. The van der Waals surface area contributed by atoms with E-state index in [0.717, 1.165) is 9.98 Å². The molecule has 0 saturated heterocycles. The van der Waals surface area contributed by atoms with E-state index in [1.165, 1.54) is 24.3 Å².